The maximum absolute atomic E-state index is 12.3. The zero-order valence-corrected chi connectivity index (χ0v) is 14.0. The van der Waals surface area contributed by atoms with Crippen molar-refractivity contribution in [2.75, 3.05) is 0 Å². The number of hydrogen-bond acceptors (Lipinski definition) is 1. The Morgan fingerprint density at radius 3 is 2.45 bits per heavy atom. The van der Waals surface area contributed by atoms with Gasteiger partial charge >= 0.3 is 0 Å². The molecule has 0 aliphatic carbocycles. The highest BCUT2D eigenvalue weighted by Crippen LogP contribution is 2.22. The Labute approximate surface area is 132 Å². The first-order valence-electron chi connectivity index (χ1n) is 6.45. The molecule has 0 fully saturated rings. The van der Waals surface area contributed by atoms with Crippen molar-refractivity contribution in [1.82, 2.24) is 5.32 Å². The van der Waals surface area contributed by atoms with E-state index in [2.05, 4.69) is 21.2 Å². The van der Waals surface area contributed by atoms with E-state index in [0.29, 0.717) is 5.56 Å². The second kappa shape index (κ2) is 5.74. The highest BCUT2D eigenvalue weighted by Gasteiger charge is 2.26. The highest BCUT2D eigenvalue weighted by molar-refractivity contribution is 9.10. The molecular formula is C16H17BrClNO. The minimum atomic E-state index is -0.451. The molecule has 0 aliphatic heterocycles. The number of hydrogen-bond donors (Lipinski definition) is 1. The highest BCUT2D eigenvalue weighted by atomic mass is 79.9. The molecule has 1 N–H and O–H groups in total. The van der Waals surface area contributed by atoms with E-state index in [1.165, 1.54) is 0 Å². The third-order valence-electron chi connectivity index (χ3n) is 3.49. The molecule has 2 aromatic carbocycles. The van der Waals surface area contributed by atoms with Gasteiger partial charge in [-0.3, -0.25) is 4.79 Å². The van der Waals surface area contributed by atoms with Crippen LogP contribution in [0.3, 0.4) is 0 Å². The fourth-order valence-electron chi connectivity index (χ4n) is 1.82. The van der Waals surface area contributed by atoms with Gasteiger partial charge in [0.25, 0.3) is 5.91 Å². The second-order valence-electron chi connectivity index (χ2n) is 5.50. The monoisotopic (exact) mass is 353 g/mol. The Hall–Kier alpha value is -1.06. The SMILES string of the molecule is CC(Cl)C(C)(C)NC(=O)c1ccc2cc(Br)ccc2c1. The van der Waals surface area contributed by atoms with Crippen molar-refractivity contribution in [2.45, 2.75) is 31.7 Å². The maximum Gasteiger partial charge on any atom is 0.251 e. The van der Waals surface area contributed by atoms with E-state index in [1.807, 2.05) is 57.2 Å². The smallest absolute Gasteiger partial charge is 0.251 e. The van der Waals surface area contributed by atoms with Crippen LogP contribution in [0.15, 0.2) is 40.9 Å². The van der Waals surface area contributed by atoms with Crippen molar-refractivity contribution < 1.29 is 4.79 Å². The number of rotatable bonds is 3. The fraction of sp³-hybridized carbons (Fsp3) is 0.312. The van der Waals surface area contributed by atoms with E-state index in [4.69, 9.17) is 11.6 Å². The van der Waals surface area contributed by atoms with E-state index in [-0.39, 0.29) is 11.3 Å². The van der Waals surface area contributed by atoms with Gasteiger partial charge in [0.05, 0.1) is 10.9 Å². The average molecular weight is 355 g/mol. The van der Waals surface area contributed by atoms with Gasteiger partial charge in [0.1, 0.15) is 0 Å². The Balaban J connectivity index is 2.29. The lowest BCUT2D eigenvalue weighted by Crippen LogP contribution is -2.49. The number of alkyl halides is 1. The lowest BCUT2D eigenvalue weighted by atomic mass is 10.00. The summed E-state index contributed by atoms with van der Waals surface area (Å²) in [4.78, 5) is 12.3. The summed E-state index contributed by atoms with van der Waals surface area (Å²) >= 11 is 9.54. The summed E-state index contributed by atoms with van der Waals surface area (Å²) < 4.78 is 1.03. The van der Waals surface area contributed by atoms with Gasteiger partial charge in [-0.1, -0.05) is 28.1 Å². The molecule has 20 heavy (non-hydrogen) atoms. The van der Waals surface area contributed by atoms with Crippen molar-refractivity contribution in [3.8, 4) is 0 Å². The zero-order chi connectivity index (χ0) is 14.9. The van der Waals surface area contributed by atoms with Crippen molar-refractivity contribution in [3.05, 3.63) is 46.4 Å². The number of halogens is 2. The number of fused-ring (bicyclic) bond motifs is 1. The number of nitrogens with one attached hydrogen (secondary N) is 1. The molecule has 4 heteroatoms. The summed E-state index contributed by atoms with van der Waals surface area (Å²) in [6.45, 7) is 5.71. The maximum atomic E-state index is 12.3. The average Bonchev–Trinajstić information content (AvgIpc) is 2.37. The van der Waals surface area contributed by atoms with Crippen molar-refractivity contribution in [3.63, 3.8) is 0 Å². The first-order chi connectivity index (χ1) is 9.29. The molecule has 2 nitrogen and oxygen atoms in total. The Morgan fingerprint density at radius 1 is 1.20 bits per heavy atom. The van der Waals surface area contributed by atoms with Crippen LogP contribution >= 0.6 is 27.5 Å². The van der Waals surface area contributed by atoms with Gasteiger partial charge in [0.15, 0.2) is 0 Å². The lowest BCUT2D eigenvalue weighted by Gasteiger charge is -2.29. The molecule has 0 heterocycles. The Morgan fingerprint density at radius 2 is 1.80 bits per heavy atom. The minimum absolute atomic E-state index is 0.104. The molecule has 1 atom stereocenters. The summed E-state index contributed by atoms with van der Waals surface area (Å²) in [6, 6.07) is 11.7. The minimum Gasteiger partial charge on any atom is -0.346 e. The standard InChI is InChI=1S/C16H17BrClNO/c1-10(18)16(2,3)19-15(20)13-5-4-12-9-14(17)7-6-11(12)8-13/h4-10H,1-3H3,(H,19,20). The molecule has 0 radical (unpaired) electrons. The normalized spacial score (nSPS) is 13.2. The van der Waals surface area contributed by atoms with Crippen LogP contribution in [0.25, 0.3) is 10.8 Å². The quantitative estimate of drug-likeness (QED) is 0.793. The van der Waals surface area contributed by atoms with Crippen molar-refractivity contribution in [1.29, 1.82) is 0 Å². The molecule has 0 saturated heterocycles. The van der Waals surface area contributed by atoms with Gasteiger partial charge in [0.2, 0.25) is 0 Å². The largest absolute Gasteiger partial charge is 0.346 e. The van der Waals surface area contributed by atoms with Gasteiger partial charge in [0, 0.05) is 10.0 Å². The van der Waals surface area contributed by atoms with Crippen LogP contribution in [-0.4, -0.2) is 16.8 Å². The second-order valence-corrected chi connectivity index (χ2v) is 7.07. The van der Waals surface area contributed by atoms with Crippen LogP contribution in [0.1, 0.15) is 31.1 Å². The summed E-state index contributed by atoms with van der Waals surface area (Å²) in [5.74, 6) is -0.104. The molecule has 0 aliphatic rings. The van der Waals surface area contributed by atoms with Gasteiger partial charge in [-0.25, -0.2) is 0 Å². The van der Waals surface area contributed by atoms with Crippen LogP contribution < -0.4 is 5.32 Å². The van der Waals surface area contributed by atoms with E-state index >= 15 is 0 Å². The lowest BCUT2D eigenvalue weighted by molar-refractivity contribution is 0.0912. The zero-order valence-electron chi connectivity index (χ0n) is 11.7. The predicted octanol–water partition coefficient (Wildman–Crippen LogP) is 4.74. The van der Waals surface area contributed by atoms with Crippen LogP contribution in [0.4, 0.5) is 0 Å². The molecule has 2 aromatic rings. The van der Waals surface area contributed by atoms with E-state index in [0.717, 1.165) is 15.2 Å². The van der Waals surface area contributed by atoms with Gasteiger partial charge < -0.3 is 5.32 Å². The predicted molar refractivity (Wildman–Crippen MR) is 88.5 cm³/mol. The van der Waals surface area contributed by atoms with E-state index in [1.54, 1.807) is 0 Å². The molecular weight excluding hydrogens is 338 g/mol. The first-order valence-corrected chi connectivity index (χ1v) is 7.68. The van der Waals surface area contributed by atoms with Gasteiger partial charge in [-0.2, -0.15) is 0 Å². The molecule has 106 valence electrons. The number of benzene rings is 2. The molecule has 2 rings (SSSR count). The third kappa shape index (κ3) is 3.33. The number of amides is 1. The van der Waals surface area contributed by atoms with Crippen LogP contribution in [0.5, 0.6) is 0 Å². The Bertz CT molecular complexity index is 652. The molecule has 0 bridgehead atoms. The Kier molecular flexibility index (Phi) is 4.40. The molecule has 0 saturated carbocycles. The van der Waals surface area contributed by atoms with Crippen molar-refractivity contribution in [2.24, 2.45) is 0 Å². The fourth-order valence-corrected chi connectivity index (χ4v) is 2.26. The summed E-state index contributed by atoms with van der Waals surface area (Å²) in [5, 5.41) is 4.96. The van der Waals surface area contributed by atoms with Gasteiger partial charge in [-0.15, -0.1) is 11.6 Å². The number of carbonyl (C=O) groups excluding carboxylic acids is 1. The molecule has 1 unspecified atom stereocenters. The molecule has 0 spiro atoms. The van der Waals surface area contributed by atoms with E-state index < -0.39 is 5.54 Å². The van der Waals surface area contributed by atoms with Crippen molar-refractivity contribution >= 4 is 44.2 Å². The van der Waals surface area contributed by atoms with Crippen LogP contribution in [0, 0.1) is 0 Å². The van der Waals surface area contributed by atoms with Gasteiger partial charge in [-0.05, 0) is 55.8 Å². The molecule has 1 amide bonds. The molecule has 0 aromatic heterocycles. The topological polar surface area (TPSA) is 29.1 Å². The summed E-state index contributed by atoms with van der Waals surface area (Å²) in [5.41, 5.74) is 0.193. The third-order valence-corrected chi connectivity index (χ3v) is 4.53. The first kappa shape index (κ1) is 15.3. The summed E-state index contributed by atoms with van der Waals surface area (Å²) in [7, 11) is 0. The number of carbonyl (C=O) groups is 1. The summed E-state index contributed by atoms with van der Waals surface area (Å²) in [6.07, 6.45) is 0. The van der Waals surface area contributed by atoms with E-state index in [9.17, 15) is 4.79 Å². The van der Waals surface area contributed by atoms with Crippen LogP contribution in [0.2, 0.25) is 0 Å². The van der Waals surface area contributed by atoms with Crippen LogP contribution in [-0.2, 0) is 0 Å².